The second kappa shape index (κ2) is 6.54. The number of alkyl halides is 3. The van der Waals surface area contributed by atoms with Gasteiger partial charge >= 0.3 is 6.18 Å². The molecule has 0 saturated heterocycles. The number of nitro benzene ring substituents is 1. The zero-order chi connectivity index (χ0) is 20.9. The highest BCUT2D eigenvalue weighted by Crippen LogP contribution is 2.41. The van der Waals surface area contributed by atoms with E-state index in [1.165, 1.54) is 18.2 Å². The van der Waals surface area contributed by atoms with Gasteiger partial charge in [0.1, 0.15) is 11.3 Å². The average Bonchev–Trinajstić information content (AvgIpc) is 3.40. The van der Waals surface area contributed by atoms with Crippen LogP contribution in [0.2, 0.25) is 0 Å². The van der Waals surface area contributed by atoms with Crippen molar-refractivity contribution in [2.24, 2.45) is 0 Å². The summed E-state index contributed by atoms with van der Waals surface area (Å²) < 4.78 is 41.0. The minimum Gasteiger partial charge on any atom is -0.322 e. The highest BCUT2D eigenvalue weighted by atomic mass is 19.4. The van der Waals surface area contributed by atoms with Crippen molar-refractivity contribution in [3.63, 3.8) is 0 Å². The van der Waals surface area contributed by atoms with Crippen LogP contribution in [0.3, 0.4) is 0 Å². The number of hydrogen-bond acceptors (Lipinski definition) is 5. The molecule has 2 heterocycles. The van der Waals surface area contributed by atoms with Crippen LogP contribution in [0.25, 0.3) is 5.65 Å². The van der Waals surface area contributed by atoms with E-state index < -0.39 is 22.7 Å². The van der Waals surface area contributed by atoms with Gasteiger partial charge in [0.15, 0.2) is 5.65 Å². The Morgan fingerprint density at radius 3 is 2.62 bits per heavy atom. The van der Waals surface area contributed by atoms with E-state index in [-0.39, 0.29) is 28.5 Å². The molecular weight excluding hydrogens is 391 g/mol. The summed E-state index contributed by atoms with van der Waals surface area (Å²) in [5.41, 5.74) is -0.404. The van der Waals surface area contributed by atoms with Gasteiger partial charge in [0.25, 0.3) is 11.6 Å². The fraction of sp³-hybridized carbons (Fsp3) is 0.278. The van der Waals surface area contributed by atoms with Crippen molar-refractivity contribution in [3.8, 4) is 0 Å². The molecule has 0 spiro atoms. The molecule has 4 rings (SSSR count). The fourth-order valence-electron chi connectivity index (χ4n) is 3.02. The first-order chi connectivity index (χ1) is 13.6. The van der Waals surface area contributed by atoms with Gasteiger partial charge in [-0.15, -0.1) is 0 Å². The second-order valence-electron chi connectivity index (χ2n) is 6.84. The Labute approximate surface area is 161 Å². The van der Waals surface area contributed by atoms with Crippen molar-refractivity contribution < 1.29 is 22.9 Å². The van der Waals surface area contributed by atoms with Crippen molar-refractivity contribution in [1.29, 1.82) is 0 Å². The lowest BCUT2D eigenvalue weighted by Crippen LogP contribution is -2.16. The van der Waals surface area contributed by atoms with Crippen LogP contribution in [-0.4, -0.2) is 25.4 Å². The molecule has 1 aliphatic rings. The Morgan fingerprint density at radius 2 is 2.03 bits per heavy atom. The molecular formula is C18H14F3N5O3. The number of aromatic nitrogens is 3. The van der Waals surface area contributed by atoms with Gasteiger partial charge < -0.3 is 5.32 Å². The molecule has 150 valence electrons. The topological polar surface area (TPSA) is 102 Å². The number of non-ortho nitro benzene ring substituents is 1. The standard InChI is InChI=1S/C18H14F3N5O3/c1-9-6-11(26(28)29)4-5-13(9)24-17(27)12-8-22-25-15(18(19,20)21)7-14(10-2-3-10)23-16(12)25/h4-8,10H,2-3H2,1H3,(H,24,27). The van der Waals surface area contributed by atoms with E-state index in [0.717, 1.165) is 25.1 Å². The molecule has 0 radical (unpaired) electrons. The first-order valence-corrected chi connectivity index (χ1v) is 8.67. The van der Waals surface area contributed by atoms with Crippen LogP contribution in [0, 0.1) is 17.0 Å². The van der Waals surface area contributed by atoms with Gasteiger partial charge in [-0.05, 0) is 37.5 Å². The quantitative estimate of drug-likeness (QED) is 0.520. The van der Waals surface area contributed by atoms with E-state index in [9.17, 15) is 28.1 Å². The molecule has 1 aliphatic carbocycles. The van der Waals surface area contributed by atoms with Gasteiger partial charge in [-0.2, -0.15) is 18.3 Å². The molecule has 29 heavy (non-hydrogen) atoms. The number of carbonyl (C=O) groups excluding carboxylic acids is 1. The third kappa shape index (κ3) is 3.50. The molecule has 1 saturated carbocycles. The predicted octanol–water partition coefficient (Wildman–Crippen LogP) is 4.09. The average molecular weight is 405 g/mol. The summed E-state index contributed by atoms with van der Waals surface area (Å²) in [5, 5.41) is 17.1. The van der Waals surface area contributed by atoms with Crippen molar-refractivity contribution in [3.05, 3.63) is 63.1 Å². The number of nitro groups is 1. The molecule has 0 unspecified atom stereocenters. The molecule has 0 bridgehead atoms. The minimum absolute atomic E-state index is 0.0520. The van der Waals surface area contributed by atoms with Crippen LogP contribution in [-0.2, 0) is 6.18 Å². The molecule has 8 nitrogen and oxygen atoms in total. The lowest BCUT2D eigenvalue weighted by molar-refractivity contribution is -0.384. The summed E-state index contributed by atoms with van der Waals surface area (Å²) in [5.74, 6) is -0.755. The van der Waals surface area contributed by atoms with Gasteiger partial charge in [0, 0.05) is 29.4 Å². The highest BCUT2D eigenvalue weighted by Gasteiger charge is 2.38. The van der Waals surface area contributed by atoms with Crippen LogP contribution in [0.15, 0.2) is 30.5 Å². The van der Waals surface area contributed by atoms with Crippen molar-refractivity contribution >= 4 is 22.9 Å². The number of rotatable bonds is 4. The van der Waals surface area contributed by atoms with Crippen LogP contribution >= 0.6 is 0 Å². The summed E-state index contributed by atoms with van der Waals surface area (Å²) >= 11 is 0. The molecule has 1 fully saturated rings. The fourth-order valence-corrected chi connectivity index (χ4v) is 3.02. The summed E-state index contributed by atoms with van der Waals surface area (Å²) in [4.78, 5) is 27.2. The Balaban J connectivity index is 1.73. The van der Waals surface area contributed by atoms with Crippen molar-refractivity contribution in [1.82, 2.24) is 14.6 Å². The van der Waals surface area contributed by atoms with E-state index in [2.05, 4.69) is 15.4 Å². The van der Waals surface area contributed by atoms with Crippen LogP contribution in [0.1, 0.15) is 46.1 Å². The van der Waals surface area contributed by atoms with E-state index >= 15 is 0 Å². The molecule has 0 atom stereocenters. The summed E-state index contributed by atoms with van der Waals surface area (Å²) in [6, 6.07) is 4.85. The van der Waals surface area contributed by atoms with Crippen molar-refractivity contribution in [2.45, 2.75) is 31.9 Å². The summed E-state index contributed by atoms with van der Waals surface area (Å²) in [7, 11) is 0. The number of amides is 1. The van der Waals surface area contributed by atoms with Crippen LogP contribution in [0.4, 0.5) is 24.5 Å². The second-order valence-corrected chi connectivity index (χ2v) is 6.84. The summed E-state index contributed by atoms with van der Waals surface area (Å²) in [6.45, 7) is 1.57. The largest absolute Gasteiger partial charge is 0.433 e. The molecule has 3 aromatic rings. The van der Waals surface area contributed by atoms with E-state index in [1.807, 2.05) is 0 Å². The zero-order valence-corrected chi connectivity index (χ0v) is 15.0. The third-order valence-electron chi connectivity index (χ3n) is 4.69. The van der Waals surface area contributed by atoms with E-state index in [1.54, 1.807) is 6.92 Å². The first-order valence-electron chi connectivity index (χ1n) is 8.67. The molecule has 1 amide bonds. The normalized spacial score (nSPS) is 14.2. The van der Waals surface area contributed by atoms with Crippen molar-refractivity contribution in [2.75, 3.05) is 5.32 Å². The maximum absolute atomic E-state index is 13.5. The molecule has 1 N–H and O–H groups in total. The number of carbonyl (C=O) groups is 1. The van der Waals surface area contributed by atoms with Gasteiger partial charge in [0.05, 0.1) is 11.1 Å². The number of aryl methyl sites for hydroxylation is 1. The number of nitrogens with zero attached hydrogens (tertiary/aromatic N) is 4. The number of halogens is 3. The lowest BCUT2D eigenvalue weighted by atomic mass is 10.1. The lowest BCUT2D eigenvalue weighted by Gasteiger charge is -2.11. The Morgan fingerprint density at radius 1 is 1.31 bits per heavy atom. The Bertz CT molecular complexity index is 1150. The number of anilines is 1. The summed E-state index contributed by atoms with van der Waals surface area (Å²) in [6.07, 6.45) is -2.12. The highest BCUT2D eigenvalue weighted by molar-refractivity contribution is 6.08. The van der Waals surface area contributed by atoms with Crippen LogP contribution < -0.4 is 5.32 Å². The van der Waals surface area contributed by atoms with Gasteiger partial charge in [-0.25, -0.2) is 9.50 Å². The van der Waals surface area contributed by atoms with Gasteiger partial charge in [-0.1, -0.05) is 0 Å². The predicted molar refractivity (Wildman–Crippen MR) is 95.8 cm³/mol. The number of nitrogens with one attached hydrogen (secondary N) is 1. The maximum atomic E-state index is 13.5. The maximum Gasteiger partial charge on any atom is 0.433 e. The third-order valence-corrected chi connectivity index (χ3v) is 4.69. The molecule has 2 aromatic heterocycles. The van der Waals surface area contributed by atoms with E-state index in [0.29, 0.717) is 15.8 Å². The van der Waals surface area contributed by atoms with Gasteiger partial charge in [-0.3, -0.25) is 14.9 Å². The number of benzene rings is 1. The molecule has 11 heteroatoms. The SMILES string of the molecule is Cc1cc([N+](=O)[O-])ccc1NC(=O)c1cnn2c(C(F)(F)F)cc(C3CC3)nc12. The van der Waals surface area contributed by atoms with Gasteiger partial charge in [0.2, 0.25) is 0 Å². The molecule has 0 aliphatic heterocycles. The minimum atomic E-state index is -4.65. The number of hydrogen-bond donors (Lipinski definition) is 1. The Hall–Kier alpha value is -3.50. The molecule has 1 aromatic carbocycles. The first kappa shape index (κ1) is 18.8. The van der Waals surface area contributed by atoms with Crippen LogP contribution in [0.5, 0.6) is 0 Å². The Kier molecular flexibility index (Phi) is 4.25. The monoisotopic (exact) mass is 405 g/mol. The number of fused-ring (bicyclic) bond motifs is 1. The zero-order valence-electron chi connectivity index (χ0n) is 15.0. The van der Waals surface area contributed by atoms with E-state index in [4.69, 9.17) is 0 Å². The smallest absolute Gasteiger partial charge is 0.322 e.